The summed E-state index contributed by atoms with van der Waals surface area (Å²) >= 11 is 0. The van der Waals surface area contributed by atoms with E-state index in [1.807, 2.05) is 0 Å². The van der Waals surface area contributed by atoms with Crippen LogP contribution >= 0.6 is 0 Å². The van der Waals surface area contributed by atoms with Crippen molar-refractivity contribution in [2.24, 2.45) is 0 Å². The molecule has 0 atom stereocenters. The van der Waals surface area contributed by atoms with E-state index in [0.29, 0.717) is 13.0 Å². The van der Waals surface area contributed by atoms with E-state index in [9.17, 15) is 36.5 Å². The van der Waals surface area contributed by atoms with Crippen molar-refractivity contribution in [2.45, 2.75) is 24.0 Å². The number of nitro benzene ring substituents is 1. The summed E-state index contributed by atoms with van der Waals surface area (Å²) in [5.41, 5.74) is -1.02. The molecule has 35 heavy (non-hydrogen) atoms. The van der Waals surface area contributed by atoms with Gasteiger partial charge in [-0.3, -0.25) is 15.0 Å². The van der Waals surface area contributed by atoms with Crippen molar-refractivity contribution in [3.05, 3.63) is 63.7 Å². The van der Waals surface area contributed by atoms with Crippen LogP contribution in [-0.2, 0) is 27.5 Å². The van der Waals surface area contributed by atoms with Crippen molar-refractivity contribution < 1.29 is 41.2 Å². The monoisotopic (exact) mass is 517 g/mol. The van der Waals surface area contributed by atoms with Gasteiger partial charge in [-0.2, -0.15) is 17.5 Å². The molecule has 1 aliphatic rings. The number of sulfonamides is 1. The standard InChI is InChI=1S/C21H22F3N3O7S/c22-21(23,24)16-2-7-19(34-14-20(28)29)15(12-16)13-25-8-1-9-26(11-10-25)35(32,33)18-5-3-17(4-6-18)27(30)31/h2-7,12H,1,8-11,13-14H2,(H,28,29). The highest BCUT2D eigenvalue weighted by molar-refractivity contribution is 7.89. The molecule has 0 bridgehead atoms. The number of carbonyl (C=O) groups is 1. The number of ether oxygens (including phenoxy) is 1. The second kappa shape index (κ2) is 10.6. The molecule has 1 aliphatic heterocycles. The number of carboxylic acid groups (broad SMARTS) is 1. The summed E-state index contributed by atoms with van der Waals surface area (Å²) in [6.07, 6.45) is -4.22. The third kappa shape index (κ3) is 6.68. The van der Waals surface area contributed by atoms with Gasteiger partial charge in [0.1, 0.15) is 5.75 Å². The molecule has 190 valence electrons. The second-order valence-corrected chi connectivity index (χ2v) is 9.73. The first-order valence-electron chi connectivity index (χ1n) is 10.4. The van der Waals surface area contributed by atoms with Crippen molar-refractivity contribution in [3.63, 3.8) is 0 Å². The van der Waals surface area contributed by atoms with E-state index >= 15 is 0 Å². The molecule has 14 heteroatoms. The molecule has 0 radical (unpaired) electrons. The smallest absolute Gasteiger partial charge is 0.416 e. The predicted octanol–water partition coefficient (Wildman–Crippen LogP) is 2.97. The maximum absolute atomic E-state index is 13.2. The quantitative estimate of drug-likeness (QED) is 0.418. The van der Waals surface area contributed by atoms with Crippen LogP contribution in [0, 0.1) is 10.1 Å². The van der Waals surface area contributed by atoms with E-state index in [1.54, 1.807) is 4.90 Å². The Labute approximate surface area is 198 Å². The van der Waals surface area contributed by atoms with Gasteiger partial charge in [-0.1, -0.05) is 0 Å². The molecule has 1 fully saturated rings. The summed E-state index contributed by atoms with van der Waals surface area (Å²) in [6, 6.07) is 7.29. The number of nitro groups is 1. The van der Waals surface area contributed by atoms with E-state index < -0.39 is 39.3 Å². The highest BCUT2D eigenvalue weighted by atomic mass is 32.2. The Bertz CT molecular complexity index is 1190. The maximum atomic E-state index is 13.2. The minimum atomic E-state index is -4.60. The molecular weight excluding hydrogens is 495 g/mol. The third-order valence-electron chi connectivity index (χ3n) is 5.37. The lowest BCUT2D eigenvalue weighted by atomic mass is 10.1. The van der Waals surface area contributed by atoms with Gasteiger partial charge in [-0.15, -0.1) is 0 Å². The molecule has 1 heterocycles. The van der Waals surface area contributed by atoms with Gasteiger partial charge in [0.25, 0.3) is 5.69 Å². The van der Waals surface area contributed by atoms with Gasteiger partial charge < -0.3 is 9.84 Å². The number of alkyl halides is 3. The number of hydrogen-bond donors (Lipinski definition) is 1. The fourth-order valence-corrected chi connectivity index (χ4v) is 5.10. The number of non-ortho nitro benzene ring substituents is 1. The molecule has 1 saturated heterocycles. The Kier molecular flexibility index (Phi) is 7.97. The Morgan fingerprint density at radius 2 is 1.77 bits per heavy atom. The Morgan fingerprint density at radius 1 is 1.09 bits per heavy atom. The van der Waals surface area contributed by atoms with E-state index in [4.69, 9.17) is 9.84 Å². The van der Waals surface area contributed by atoms with Crippen LogP contribution < -0.4 is 4.74 Å². The van der Waals surface area contributed by atoms with Gasteiger partial charge in [0.15, 0.2) is 6.61 Å². The molecule has 0 saturated carbocycles. The molecule has 3 rings (SSSR count). The van der Waals surface area contributed by atoms with Crippen LogP contribution in [0.4, 0.5) is 18.9 Å². The number of benzene rings is 2. The highest BCUT2D eigenvalue weighted by Crippen LogP contribution is 2.33. The summed E-state index contributed by atoms with van der Waals surface area (Å²) in [5.74, 6) is -1.28. The number of nitrogens with zero attached hydrogens (tertiary/aromatic N) is 3. The summed E-state index contributed by atoms with van der Waals surface area (Å²) < 4.78 is 72.0. The zero-order valence-electron chi connectivity index (χ0n) is 18.3. The molecular formula is C21H22F3N3O7S. The largest absolute Gasteiger partial charge is 0.482 e. The van der Waals surface area contributed by atoms with Crippen molar-refractivity contribution in [3.8, 4) is 5.75 Å². The lowest BCUT2D eigenvalue weighted by Gasteiger charge is -2.23. The van der Waals surface area contributed by atoms with Crippen LogP contribution in [0.1, 0.15) is 17.5 Å². The fraction of sp³-hybridized carbons (Fsp3) is 0.381. The molecule has 10 nitrogen and oxygen atoms in total. The first kappa shape index (κ1) is 26.4. The SMILES string of the molecule is O=C(O)COc1ccc(C(F)(F)F)cc1CN1CCCN(S(=O)(=O)c2ccc([N+](=O)[O-])cc2)CC1. The van der Waals surface area contributed by atoms with Crippen LogP contribution in [0.3, 0.4) is 0 Å². The second-order valence-electron chi connectivity index (χ2n) is 7.79. The molecule has 2 aromatic rings. The van der Waals surface area contributed by atoms with Gasteiger partial charge in [0.2, 0.25) is 10.0 Å². The van der Waals surface area contributed by atoms with Crippen molar-refractivity contribution in [2.75, 3.05) is 32.8 Å². The Morgan fingerprint density at radius 3 is 2.37 bits per heavy atom. The van der Waals surface area contributed by atoms with Crippen LogP contribution in [-0.4, -0.2) is 66.4 Å². The first-order chi connectivity index (χ1) is 16.4. The van der Waals surface area contributed by atoms with E-state index in [1.165, 1.54) is 4.31 Å². The van der Waals surface area contributed by atoms with Crippen molar-refractivity contribution in [1.29, 1.82) is 0 Å². The van der Waals surface area contributed by atoms with Gasteiger partial charge in [-0.05, 0) is 43.3 Å². The summed E-state index contributed by atoms with van der Waals surface area (Å²) in [5, 5.41) is 19.6. The van der Waals surface area contributed by atoms with Crippen LogP contribution in [0.25, 0.3) is 0 Å². The maximum Gasteiger partial charge on any atom is 0.416 e. The summed E-state index contributed by atoms with van der Waals surface area (Å²) in [4.78, 5) is 22.7. The number of hydrogen-bond acceptors (Lipinski definition) is 7. The lowest BCUT2D eigenvalue weighted by Crippen LogP contribution is -2.35. The van der Waals surface area contributed by atoms with Crippen LogP contribution in [0.15, 0.2) is 47.4 Å². The number of aliphatic carboxylic acids is 1. The minimum Gasteiger partial charge on any atom is -0.482 e. The van der Waals surface area contributed by atoms with E-state index in [2.05, 4.69) is 0 Å². The molecule has 0 unspecified atom stereocenters. The Hall–Kier alpha value is -3.23. The van der Waals surface area contributed by atoms with Gasteiger partial charge >= 0.3 is 12.1 Å². The zero-order valence-corrected chi connectivity index (χ0v) is 19.1. The van der Waals surface area contributed by atoms with Crippen molar-refractivity contribution >= 4 is 21.7 Å². The van der Waals surface area contributed by atoms with E-state index in [-0.39, 0.29) is 48.1 Å². The third-order valence-corrected chi connectivity index (χ3v) is 7.28. The van der Waals surface area contributed by atoms with Crippen LogP contribution in [0.2, 0.25) is 0 Å². The molecule has 1 N–H and O–H groups in total. The molecule has 0 amide bonds. The minimum absolute atomic E-state index is 0.00000413. The van der Waals surface area contributed by atoms with E-state index in [0.717, 1.165) is 42.5 Å². The summed E-state index contributed by atoms with van der Waals surface area (Å²) in [7, 11) is -3.93. The average molecular weight is 517 g/mol. The molecule has 0 aliphatic carbocycles. The van der Waals surface area contributed by atoms with Gasteiger partial charge in [-0.25, -0.2) is 13.2 Å². The Balaban J connectivity index is 1.75. The van der Waals surface area contributed by atoms with Crippen molar-refractivity contribution in [1.82, 2.24) is 9.21 Å². The molecule has 0 spiro atoms. The fourth-order valence-electron chi connectivity index (χ4n) is 3.64. The molecule has 0 aromatic heterocycles. The normalized spacial score (nSPS) is 16.0. The van der Waals surface area contributed by atoms with Gasteiger partial charge in [0.05, 0.1) is 15.4 Å². The lowest BCUT2D eigenvalue weighted by molar-refractivity contribution is -0.384. The first-order valence-corrected chi connectivity index (χ1v) is 11.8. The van der Waals surface area contributed by atoms with Gasteiger partial charge in [0, 0.05) is 43.9 Å². The number of rotatable bonds is 8. The average Bonchev–Trinajstić information content (AvgIpc) is 3.03. The number of halogens is 3. The summed E-state index contributed by atoms with van der Waals surface area (Å²) in [6.45, 7) is 0.0377. The molecule has 2 aromatic carbocycles. The highest BCUT2D eigenvalue weighted by Gasteiger charge is 2.32. The van der Waals surface area contributed by atoms with Crippen LogP contribution in [0.5, 0.6) is 5.75 Å². The topological polar surface area (TPSA) is 130 Å². The predicted molar refractivity (Wildman–Crippen MR) is 116 cm³/mol. The number of carboxylic acids is 1. The zero-order chi connectivity index (χ0) is 25.8.